The SMILES string of the molecule is CC[C@@]1(O)C(=O)OCc2c1cc1n(c2=O)Cc2cc3cccc(C=Nc4ccc(CON=C(C)C)cc4)c3nc2-1. The Morgan fingerprint density at radius 2 is 1.98 bits per heavy atom. The Hall–Kier alpha value is -4.63. The number of rotatable bonds is 6. The first-order valence-corrected chi connectivity index (χ1v) is 13.1. The van der Waals surface area contributed by atoms with Gasteiger partial charge in [-0.2, -0.15) is 0 Å². The topological polar surface area (TPSA) is 115 Å². The molecule has 1 N–H and O–H groups in total. The molecule has 0 saturated carbocycles. The number of para-hydroxylation sites is 1. The summed E-state index contributed by atoms with van der Waals surface area (Å²) < 4.78 is 6.79. The van der Waals surface area contributed by atoms with Gasteiger partial charge >= 0.3 is 5.97 Å². The van der Waals surface area contributed by atoms with E-state index in [1.54, 1.807) is 23.8 Å². The molecular weight excluding hydrogens is 508 g/mol. The molecular formula is C31H28N4O5. The van der Waals surface area contributed by atoms with Gasteiger partial charge in [-0.3, -0.25) is 9.79 Å². The number of hydrogen-bond acceptors (Lipinski definition) is 8. The summed E-state index contributed by atoms with van der Waals surface area (Å²) in [6.45, 7) is 6.04. The lowest BCUT2D eigenvalue weighted by atomic mass is 9.86. The maximum atomic E-state index is 13.4. The summed E-state index contributed by atoms with van der Waals surface area (Å²) in [5, 5.41) is 16.0. The summed E-state index contributed by atoms with van der Waals surface area (Å²) in [5.74, 6) is -0.736. The highest BCUT2D eigenvalue weighted by Gasteiger charge is 2.45. The maximum Gasteiger partial charge on any atom is 0.343 e. The highest BCUT2D eigenvalue weighted by atomic mass is 16.6. The first-order valence-electron chi connectivity index (χ1n) is 13.1. The molecule has 0 saturated heterocycles. The van der Waals surface area contributed by atoms with Crippen LogP contribution in [0, 0.1) is 0 Å². The molecule has 0 radical (unpaired) electrons. The van der Waals surface area contributed by atoms with Crippen molar-refractivity contribution < 1.29 is 19.5 Å². The zero-order chi connectivity index (χ0) is 28.0. The Kier molecular flexibility index (Phi) is 6.31. The van der Waals surface area contributed by atoms with Crippen LogP contribution >= 0.6 is 0 Å². The monoisotopic (exact) mass is 536 g/mol. The number of nitrogens with zero attached hydrogens (tertiary/aromatic N) is 4. The lowest BCUT2D eigenvalue weighted by Gasteiger charge is -2.31. The zero-order valence-corrected chi connectivity index (χ0v) is 22.5. The third-order valence-electron chi connectivity index (χ3n) is 7.34. The predicted octanol–water partition coefficient (Wildman–Crippen LogP) is 4.74. The summed E-state index contributed by atoms with van der Waals surface area (Å²) in [6, 6.07) is 17.4. The Morgan fingerprint density at radius 3 is 2.73 bits per heavy atom. The minimum atomic E-state index is -1.86. The molecule has 1 atom stereocenters. The van der Waals surface area contributed by atoms with Crippen LogP contribution in [0.15, 0.2) is 69.5 Å². The zero-order valence-electron chi connectivity index (χ0n) is 22.5. The highest BCUT2D eigenvalue weighted by Crippen LogP contribution is 2.38. The Morgan fingerprint density at radius 1 is 1.18 bits per heavy atom. The van der Waals surface area contributed by atoms with Crippen LogP contribution in [-0.2, 0) is 39.7 Å². The lowest BCUT2D eigenvalue weighted by molar-refractivity contribution is -0.172. The molecule has 9 nitrogen and oxygen atoms in total. The summed E-state index contributed by atoms with van der Waals surface area (Å²) in [7, 11) is 0. The van der Waals surface area contributed by atoms with Crippen molar-refractivity contribution in [2.24, 2.45) is 10.1 Å². The van der Waals surface area contributed by atoms with Crippen molar-refractivity contribution in [2.75, 3.05) is 0 Å². The van der Waals surface area contributed by atoms with E-state index in [0.29, 0.717) is 35.7 Å². The van der Waals surface area contributed by atoms with Crippen molar-refractivity contribution in [1.29, 1.82) is 0 Å². The quantitative estimate of drug-likeness (QED) is 0.190. The smallest absolute Gasteiger partial charge is 0.343 e. The molecule has 6 rings (SSSR count). The minimum absolute atomic E-state index is 0.0979. The van der Waals surface area contributed by atoms with Gasteiger partial charge in [0.1, 0.15) is 13.2 Å². The molecule has 2 aromatic carbocycles. The first-order chi connectivity index (χ1) is 19.3. The molecule has 0 unspecified atom stereocenters. The molecule has 4 aromatic rings. The fraction of sp³-hybridized carbons (Fsp3) is 0.258. The Bertz CT molecular complexity index is 1780. The summed E-state index contributed by atoms with van der Waals surface area (Å²) >= 11 is 0. The number of aromatic nitrogens is 2. The second kappa shape index (κ2) is 9.84. The second-order valence-electron chi connectivity index (χ2n) is 10.3. The van der Waals surface area contributed by atoms with Crippen LogP contribution < -0.4 is 5.56 Å². The van der Waals surface area contributed by atoms with Crippen molar-refractivity contribution in [3.8, 4) is 11.4 Å². The van der Waals surface area contributed by atoms with Gasteiger partial charge < -0.3 is 19.2 Å². The maximum absolute atomic E-state index is 13.4. The summed E-state index contributed by atoms with van der Waals surface area (Å²) in [4.78, 5) is 40.8. The fourth-order valence-corrected chi connectivity index (χ4v) is 5.19. The number of fused-ring (bicyclic) bond motifs is 5. The van der Waals surface area contributed by atoms with Crippen LogP contribution in [0.25, 0.3) is 22.3 Å². The van der Waals surface area contributed by atoms with Crippen LogP contribution in [-0.4, -0.2) is 32.6 Å². The van der Waals surface area contributed by atoms with Crippen molar-refractivity contribution >= 4 is 34.5 Å². The van der Waals surface area contributed by atoms with E-state index in [-0.39, 0.29) is 18.6 Å². The minimum Gasteiger partial charge on any atom is -0.458 e. The van der Waals surface area contributed by atoms with Gasteiger partial charge in [0.25, 0.3) is 5.56 Å². The average molecular weight is 537 g/mol. The average Bonchev–Trinajstić information content (AvgIpc) is 3.31. The second-order valence-corrected chi connectivity index (χ2v) is 10.3. The van der Waals surface area contributed by atoms with Gasteiger partial charge in [0.15, 0.2) is 5.60 Å². The molecule has 4 heterocycles. The molecule has 2 aliphatic rings. The fourth-order valence-electron chi connectivity index (χ4n) is 5.19. The van der Waals surface area contributed by atoms with E-state index >= 15 is 0 Å². The van der Waals surface area contributed by atoms with Gasteiger partial charge in [0.05, 0.1) is 40.4 Å². The predicted molar refractivity (Wildman–Crippen MR) is 152 cm³/mol. The largest absolute Gasteiger partial charge is 0.458 e. The highest BCUT2D eigenvalue weighted by molar-refractivity contribution is 5.99. The molecule has 0 aliphatic carbocycles. The molecule has 0 bridgehead atoms. The van der Waals surface area contributed by atoms with Crippen LogP contribution in [0.2, 0.25) is 0 Å². The van der Waals surface area contributed by atoms with Gasteiger partial charge in [-0.05, 0) is 50.1 Å². The molecule has 40 heavy (non-hydrogen) atoms. The van der Waals surface area contributed by atoms with E-state index < -0.39 is 11.6 Å². The molecule has 2 aliphatic heterocycles. The number of aliphatic hydroxyl groups is 1. The Balaban J connectivity index is 1.37. The molecule has 0 amide bonds. The molecule has 2 aromatic heterocycles. The number of benzene rings is 2. The third-order valence-corrected chi connectivity index (χ3v) is 7.34. The van der Waals surface area contributed by atoms with Crippen LogP contribution in [0.1, 0.15) is 55.0 Å². The van der Waals surface area contributed by atoms with Crippen LogP contribution in [0.3, 0.4) is 0 Å². The van der Waals surface area contributed by atoms with Crippen molar-refractivity contribution in [2.45, 2.75) is 52.6 Å². The van der Waals surface area contributed by atoms with Gasteiger partial charge in [-0.15, -0.1) is 0 Å². The van der Waals surface area contributed by atoms with E-state index in [0.717, 1.165) is 39.0 Å². The molecule has 0 spiro atoms. The van der Waals surface area contributed by atoms with Gasteiger partial charge in [0.2, 0.25) is 0 Å². The van der Waals surface area contributed by atoms with Gasteiger partial charge in [-0.1, -0.05) is 42.4 Å². The number of pyridine rings is 2. The number of oxime groups is 1. The summed E-state index contributed by atoms with van der Waals surface area (Å²) in [5.41, 5.74) is 4.81. The normalized spacial score (nSPS) is 17.4. The van der Waals surface area contributed by atoms with E-state index in [1.165, 1.54) is 0 Å². The number of cyclic esters (lactones) is 1. The van der Waals surface area contributed by atoms with E-state index in [2.05, 4.69) is 10.1 Å². The third kappa shape index (κ3) is 4.28. The Labute approximate surface area is 230 Å². The number of aliphatic imine (C=N–C) groups is 1. The van der Waals surface area contributed by atoms with Gasteiger partial charge in [-0.25, -0.2) is 9.78 Å². The number of carbonyl (C=O) groups excluding carboxylic acids is 1. The summed E-state index contributed by atoms with van der Waals surface area (Å²) in [6.07, 6.45) is 1.87. The van der Waals surface area contributed by atoms with Crippen molar-refractivity contribution in [3.05, 3.63) is 92.8 Å². The lowest BCUT2D eigenvalue weighted by Crippen LogP contribution is -2.44. The number of hydrogen-bond donors (Lipinski definition) is 1. The van der Waals surface area contributed by atoms with Crippen molar-refractivity contribution in [3.63, 3.8) is 0 Å². The molecule has 0 fully saturated rings. The number of ether oxygens (including phenoxy) is 1. The van der Waals surface area contributed by atoms with E-state index in [1.807, 2.05) is 62.4 Å². The van der Waals surface area contributed by atoms with Gasteiger partial charge in [0, 0.05) is 28.3 Å². The van der Waals surface area contributed by atoms with Crippen LogP contribution in [0.5, 0.6) is 0 Å². The van der Waals surface area contributed by atoms with E-state index in [9.17, 15) is 14.7 Å². The molecule has 202 valence electrons. The standard InChI is InChI=1S/C31H28N4O5/c1-4-31(38)25-13-26-28-22(15-35(26)29(36)24(25)17-39-30(31)37)12-20-6-5-7-21(27(20)33-28)14-32-23-10-8-19(9-11-23)16-40-34-18(2)3/h5-14,38H,4,15-17H2,1-3H3/t31-/m0/s1. The van der Waals surface area contributed by atoms with Crippen molar-refractivity contribution in [1.82, 2.24) is 9.55 Å². The number of esters is 1. The first kappa shape index (κ1) is 25.6. The van der Waals surface area contributed by atoms with Crippen LogP contribution in [0.4, 0.5) is 5.69 Å². The molecule has 9 heteroatoms. The number of carbonyl (C=O) groups is 1. The van der Waals surface area contributed by atoms with E-state index in [4.69, 9.17) is 14.6 Å².